The van der Waals surface area contributed by atoms with E-state index in [1.54, 1.807) is 6.07 Å². The number of hydrogen-bond donors (Lipinski definition) is 3. The Hall–Kier alpha value is -2.57. The fourth-order valence-corrected chi connectivity index (χ4v) is 3.04. The monoisotopic (exact) mass is 347 g/mol. The van der Waals surface area contributed by atoms with Gasteiger partial charge in [0.15, 0.2) is 0 Å². The van der Waals surface area contributed by atoms with E-state index in [4.69, 9.17) is 5.11 Å². The van der Waals surface area contributed by atoms with Crippen molar-refractivity contribution < 1.29 is 19.5 Å². The standard InChI is InChI=1S/C18H25N3O4/c1-3-13-5-4-6-15(8-13)20-16(22)9-19-18(25)21-10-12(2)7-14(11-21)17(23)24/h4-6,8,12,14H,3,7,9-11H2,1-2H3,(H,19,25)(H,20,22)(H,23,24). The van der Waals surface area contributed by atoms with Gasteiger partial charge in [0.25, 0.3) is 0 Å². The number of piperidine rings is 1. The van der Waals surface area contributed by atoms with Gasteiger partial charge in [0.2, 0.25) is 5.91 Å². The third kappa shape index (κ3) is 5.48. The molecule has 2 unspecified atom stereocenters. The maximum atomic E-state index is 12.2. The predicted octanol–water partition coefficient (Wildman–Crippen LogP) is 1.94. The first-order valence-corrected chi connectivity index (χ1v) is 8.53. The number of carboxylic acids is 1. The van der Waals surface area contributed by atoms with E-state index in [1.807, 2.05) is 32.0 Å². The average Bonchev–Trinajstić information content (AvgIpc) is 2.59. The molecule has 0 spiro atoms. The number of aliphatic carboxylic acids is 1. The van der Waals surface area contributed by atoms with Gasteiger partial charge in [0.1, 0.15) is 0 Å². The van der Waals surface area contributed by atoms with Crippen LogP contribution in [0.25, 0.3) is 0 Å². The van der Waals surface area contributed by atoms with Crippen LogP contribution in [0.1, 0.15) is 25.8 Å². The molecule has 1 heterocycles. The van der Waals surface area contributed by atoms with Gasteiger partial charge in [0.05, 0.1) is 12.5 Å². The highest BCUT2D eigenvalue weighted by Gasteiger charge is 2.31. The Morgan fingerprint density at radius 3 is 2.72 bits per heavy atom. The lowest BCUT2D eigenvalue weighted by molar-refractivity contribution is -0.143. The van der Waals surface area contributed by atoms with Gasteiger partial charge in [-0.05, 0) is 36.5 Å². The van der Waals surface area contributed by atoms with Crippen molar-refractivity contribution in [2.24, 2.45) is 11.8 Å². The Morgan fingerprint density at radius 1 is 1.28 bits per heavy atom. The number of likely N-dealkylation sites (tertiary alicyclic amines) is 1. The van der Waals surface area contributed by atoms with Gasteiger partial charge < -0.3 is 20.6 Å². The Kier molecular flexibility index (Phi) is 6.38. The van der Waals surface area contributed by atoms with Crippen LogP contribution in [0.4, 0.5) is 10.5 Å². The number of rotatable bonds is 5. The Labute approximate surface area is 147 Å². The van der Waals surface area contributed by atoms with Gasteiger partial charge >= 0.3 is 12.0 Å². The normalized spacial score (nSPS) is 20.0. The maximum absolute atomic E-state index is 12.2. The molecule has 1 aromatic rings. The van der Waals surface area contributed by atoms with Crippen LogP contribution >= 0.6 is 0 Å². The molecule has 136 valence electrons. The summed E-state index contributed by atoms with van der Waals surface area (Å²) in [7, 11) is 0. The van der Waals surface area contributed by atoms with E-state index >= 15 is 0 Å². The first-order valence-electron chi connectivity index (χ1n) is 8.53. The van der Waals surface area contributed by atoms with E-state index in [2.05, 4.69) is 10.6 Å². The largest absolute Gasteiger partial charge is 0.481 e. The Balaban J connectivity index is 1.84. The number of anilines is 1. The summed E-state index contributed by atoms with van der Waals surface area (Å²) in [4.78, 5) is 36.8. The zero-order valence-electron chi connectivity index (χ0n) is 14.6. The van der Waals surface area contributed by atoms with E-state index in [9.17, 15) is 14.4 Å². The number of urea groups is 1. The topological polar surface area (TPSA) is 98.7 Å². The molecule has 25 heavy (non-hydrogen) atoms. The zero-order chi connectivity index (χ0) is 18.4. The van der Waals surface area contributed by atoms with E-state index in [-0.39, 0.29) is 24.9 Å². The molecule has 7 nitrogen and oxygen atoms in total. The molecule has 0 aliphatic carbocycles. The minimum Gasteiger partial charge on any atom is -0.481 e. The number of benzene rings is 1. The quantitative estimate of drug-likeness (QED) is 0.758. The van der Waals surface area contributed by atoms with Crippen LogP contribution in [0, 0.1) is 11.8 Å². The second-order valence-corrected chi connectivity index (χ2v) is 6.54. The van der Waals surface area contributed by atoms with Crippen molar-refractivity contribution in [2.75, 3.05) is 25.0 Å². The summed E-state index contributed by atoms with van der Waals surface area (Å²) in [5.74, 6) is -1.65. The van der Waals surface area contributed by atoms with Gasteiger partial charge in [-0.15, -0.1) is 0 Å². The molecule has 0 saturated carbocycles. The van der Waals surface area contributed by atoms with Crippen LogP contribution in [-0.4, -0.2) is 47.5 Å². The molecule has 1 aliphatic rings. The minimum absolute atomic E-state index is 0.117. The predicted molar refractivity (Wildman–Crippen MR) is 94.3 cm³/mol. The van der Waals surface area contributed by atoms with Crippen molar-refractivity contribution >= 4 is 23.6 Å². The van der Waals surface area contributed by atoms with Crippen molar-refractivity contribution in [3.05, 3.63) is 29.8 Å². The third-order valence-electron chi connectivity index (χ3n) is 4.32. The Bertz CT molecular complexity index is 647. The van der Waals surface area contributed by atoms with Crippen LogP contribution in [0.3, 0.4) is 0 Å². The summed E-state index contributed by atoms with van der Waals surface area (Å²) < 4.78 is 0. The number of aryl methyl sites for hydroxylation is 1. The highest BCUT2D eigenvalue weighted by Crippen LogP contribution is 2.21. The van der Waals surface area contributed by atoms with Crippen LogP contribution in [0.5, 0.6) is 0 Å². The molecular formula is C18H25N3O4. The first-order chi connectivity index (χ1) is 11.9. The lowest BCUT2D eigenvalue weighted by Crippen LogP contribution is -2.50. The van der Waals surface area contributed by atoms with Gasteiger partial charge in [-0.3, -0.25) is 9.59 Å². The molecule has 1 aromatic carbocycles. The minimum atomic E-state index is -0.891. The fourth-order valence-electron chi connectivity index (χ4n) is 3.04. The fraction of sp³-hybridized carbons (Fsp3) is 0.500. The van der Waals surface area contributed by atoms with Crippen molar-refractivity contribution in [1.82, 2.24) is 10.2 Å². The SMILES string of the molecule is CCc1cccc(NC(=O)CNC(=O)N2CC(C)CC(C(=O)O)C2)c1. The number of nitrogens with zero attached hydrogens (tertiary/aromatic N) is 1. The van der Waals surface area contributed by atoms with Gasteiger partial charge in [-0.25, -0.2) is 4.79 Å². The molecule has 3 amide bonds. The van der Waals surface area contributed by atoms with Gasteiger partial charge in [-0.2, -0.15) is 0 Å². The molecule has 1 aliphatic heterocycles. The average molecular weight is 347 g/mol. The number of carbonyl (C=O) groups is 3. The highest BCUT2D eigenvalue weighted by atomic mass is 16.4. The molecular weight excluding hydrogens is 322 g/mol. The molecule has 1 saturated heterocycles. The number of carboxylic acid groups (broad SMARTS) is 1. The second kappa shape index (κ2) is 8.50. The molecule has 2 atom stereocenters. The van der Waals surface area contributed by atoms with Crippen LogP contribution in [0.2, 0.25) is 0 Å². The van der Waals surface area contributed by atoms with Crippen molar-refractivity contribution in [2.45, 2.75) is 26.7 Å². The number of hydrogen-bond acceptors (Lipinski definition) is 3. The smallest absolute Gasteiger partial charge is 0.317 e. The Morgan fingerprint density at radius 2 is 2.04 bits per heavy atom. The molecule has 1 fully saturated rings. The second-order valence-electron chi connectivity index (χ2n) is 6.54. The lowest BCUT2D eigenvalue weighted by Gasteiger charge is -2.34. The van der Waals surface area contributed by atoms with Crippen LogP contribution < -0.4 is 10.6 Å². The number of nitrogens with one attached hydrogen (secondary N) is 2. The molecule has 0 bridgehead atoms. The zero-order valence-corrected chi connectivity index (χ0v) is 14.6. The molecule has 3 N–H and O–H groups in total. The van der Waals surface area contributed by atoms with Gasteiger partial charge in [-0.1, -0.05) is 26.0 Å². The van der Waals surface area contributed by atoms with Gasteiger partial charge in [0, 0.05) is 18.8 Å². The van der Waals surface area contributed by atoms with Crippen LogP contribution in [0.15, 0.2) is 24.3 Å². The highest BCUT2D eigenvalue weighted by molar-refractivity contribution is 5.94. The summed E-state index contributed by atoms with van der Waals surface area (Å²) in [6.45, 7) is 4.47. The van der Waals surface area contributed by atoms with Crippen LogP contribution in [-0.2, 0) is 16.0 Å². The van der Waals surface area contributed by atoms with Crippen molar-refractivity contribution in [3.63, 3.8) is 0 Å². The summed E-state index contributed by atoms with van der Waals surface area (Å²) in [5.41, 5.74) is 1.81. The van der Waals surface area contributed by atoms with Crippen molar-refractivity contribution in [3.8, 4) is 0 Å². The lowest BCUT2D eigenvalue weighted by atomic mass is 9.91. The van der Waals surface area contributed by atoms with E-state index in [0.717, 1.165) is 12.0 Å². The summed E-state index contributed by atoms with van der Waals surface area (Å²) in [5, 5.41) is 14.5. The summed E-state index contributed by atoms with van der Waals surface area (Å²) >= 11 is 0. The molecule has 0 aromatic heterocycles. The van der Waals surface area contributed by atoms with Crippen molar-refractivity contribution in [1.29, 1.82) is 0 Å². The van der Waals surface area contributed by atoms with E-state index in [1.165, 1.54) is 4.90 Å². The summed E-state index contributed by atoms with van der Waals surface area (Å²) in [6, 6.07) is 7.13. The first kappa shape index (κ1) is 18.8. The van der Waals surface area contributed by atoms with E-state index < -0.39 is 17.9 Å². The van der Waals surface area contributed by atoms with E-state index in [0.29, 0.717) is 18.7 Å². The molecule has 0 radical (unpaired) electrons. The molecule has 7 heteroatoms. The third-order valence-corrected chi connectivity index (χ3v) is 4.32. The number of amides is 3. The number of carbonyl (C=O) groups excluding carboxylic acids is 2. The molecule has 2 rings (SSSR count). The summed E-state index contributed by atoms with van der Waals surface area (Å²) in [6.07, 6.45) is 1.44. The maximum Gasteiger partial charge on any atom is 0.317 e.